The van der Waals surface area contributed by atoms with E-state index in [1.807, 2.05) is 6.07 Å². The van der Waals surface area contributed by atoms with Crippen molar-refractivity contribution in [3.8, 4) is 11.4 Å². The van der Waals surface area contributed by atoms with Gasteiger partial charge in [0.1, 0.15) is 9.84 Å². The highest BCUT2D eigenvalue weighted by Gasteiger charge is 2.13. The quantitative estimate of drug-likeness (QED) is 0.802. The Labute approximate surface area is 125 Å². The first-order valence-electron chi connectivity index (χ1n) is 5.86. The van der Waals surface area contributed by atoms with Gasteiger partial charge in [0.25, 0.3) is 0 Å². The number of nitrogens with two attached hydrogens (primary N) is 1. The Hall–Kier alpha value is -1.48. The van der Waals surface area contributed by atoms with Crippen molar-refractivity contribution < 1.29 is 8.42 Å². The third-order valence-electron chi connectivity index (χ3n) is 2.65. The molecule has 0 aliphatic carbocycles. The summed E-state index contributed by atoms with van der Waals surface area (Å²) in [4.78, 5) is 0. The van der Waals surface area contributed by atoms with Crippen LogP contribution in [0.15, 0.2) is 22.7 Å². The number of tetrazole rings is 1. The number of rotatable bonds is 5. The molecule has 0 unspecified atom stereocenters. The topological polar surface area (TPSA) is 104 Å². The van der Waals surface area contributed by atoms with E-state index >= 15 is 0 Å². The zero-order chi connectivity index (χ0) is 14.8. The molecule has 0 bridgehead atoms. The Morgan fingerprint density at radius 2 is 2.15 bits per heavy atom. The summed E-state index contributed by atoms with van der Waals surface area (Å²) >= 11 is 3.43. The minimum atomic E-state index is -2.98. The molecule has 0 spiro atoms. The van der Waals surface area contributed by atoms with Gasteiger partial charge in [-0.25, -0.2) is 13.1 Å². The van der Waals surface area contributed by atoms with Crippen molar-refractivity contribution in [1.82, 2.24) is 20.2 Å². The molecule has 2 N–H and O–H groups in total. The van der Waals surface area contributed by atoms with Crippen LogP contribution in [0.1, 0.15) is 6.42 Å². The van der Waals surface area contributed by atoms with Gasteiger partial charge in [-0.3, -0.25) is 0 Å². The number of nitrogens with zero attached hydrogens (tertiary/aromatic N) is 4. The summed E-state index contributed by atoms with van der Waals surface area (Å²) in [6.45, 7) is 0.427. The number of benzene rings is 1. The normalized spacial score (nSPS) is 11.7. The van der Waals surface area contributed by atoms with Crippen molar-refractivity contribution >= 4 is 31.5 Å². The second-order valence-electron chi connectivity index (χ2n) is 4.45. The molecule has 0 saturated heterocycles. The maximum atomic E-state index is 11.1. The molecular formula is C11H14BrN5O2S. The Bertz CT molecular complexity index is 713. The van der Waals surface area contributed by atoms with Crippen LogP contribution in [0.2, 0.25) is 0 Å². The largest absolute Gasteiger partial charge is 0.399 e. The summed E-state index contributed by atoms with van der Waals surface area (Å²) in [5.74, 6) is 0.655. The molecule has 1 aromatic carbocycles. The molecule has 9 heteroatoms. The van der Waals surface area contributed by atoms with E-state index in [1.54, 1.807) is 16.8 Å². The predicted octanol–water partition coefficient (Wildman–Crippen LogP) is 1.12. The molecule has 108 valence electrons. The number of anilines is 1. The molecule has 2 rings (SSSR count). The fraction of sp³-hybridized carbons (Fsp3) is 0.364. The Balaban J connectivity index is 2.22. The second kappa shape index (κ2) is 5.88. The van der Waals surface area contributed by atoms with Gasteiger partial charge in [-0.1, -0.05) is 15.9 Å². The summed E-state index contributed by atoms with van der Waals surface area (Å²) in [5, 5.41) is 11.5. The summed E-state index contributed by atoms with van der Waals surface area (Å²) in [7, 11) is -2.98. The van der Waals surface area contributed by atoms with Crippen LogP contribution in [0.4, 0.5) is 5.69 Å². The van der Waals surface area contributed by atoms with E-state index in [4.69, 9.17) is 5.73 Å². The number of aryl methyl sites for hydroxylation is 1. The van der Waals surface area contributed by atoms with Crippen molar-refractivity contribution in [2.45, 2.75) is 13.0 Å². The van der Waals surface area contributed by atoms with Crippen molar-refractivity contribution in [3.63, 3.8) is 0 Å². The van der Waals surface area contributed by atoms with Crippen LogP contribution in [-0.2, 0) is 16.4 Å². The zero-order valence-corrected chi connectivity index (χ0v) is 13.2. The van der Waals surface area contributed by atoms with Crippen molar-refractivity contribution in [2.75, 3.05) is 17.7 Å². The molecule has 0 radical (unpaired) electrons. The fourth-order valence-corrected chi connectivity index (χ4v) is 2.82. The Morgan fingerprint density at radius 1 is 1.40 bits per heavy atom. The minimum Gasteiger partial charge on any atom is -0.399 e. The van der Waals surface area contributed by atoms with Gasteiger partial charge in [0.2, 0.25) is 0 Å². The highest BCUT2D eigenvalue weighted by Crippen LogP contribution is 2.28. The van der Waals surface area contributed by atoms with Crippen LogP contribution in [0.3, 0.4) is 0 Å². The van der Waals surface area contributed by atoms with Crippen LogP contribution >= 0.6 is 15.9 Å². The maximum absolute atomic E-state index is 11.1. The van der Waals surface area contributed by atoms with Gasteiger partial charge in [0.15, 0.2) is 5.82 Å². The third-order valence-corrected chi connectivity index (χ3v) is 4.37. The molecule has 20 heavy (non-hydrogen) atoms. The number of nitrogen functional groups attached to an aromatic ring is 1. The van der Waals surface area contributed by atoms with Crippen molar-refractivity contribution in [3.05, 3.63) is 22.7 Å². The van der Waals surface area contributed by atoms with Gasteiger partial charge in [-0.05, 0) is 35.0 Å². The highest BCUT2D eigenvalue weighted by atomic mass is 79.9. The van der Waals surface area contributed by atoms with E-state index in [2.05, 4.69) is 31.5 Å². The molecule has 2 aromatic rings. The lowest BCUT2D eigenvalue weighted by Gasteiger charge is -2.07. The summed E-state index contributed by atoms with van der Waals surface area (Å²) in [5.41, 5.74) is 7.14. The first-order valence-corrected chi connectivity index (χ1v) is 8.71. The molecule has 0 aliphatic heterocycles. The number of halogens is 1. The van der Waals surface area contributed by atoms with Gasteiger partial charge in [-0.15, -0.1) is 5.10 Å². The lowest BCUT2D eigenvalue weighted by Crippen LogP contribution is -2.09. The van der Waals surface area contributed by atoms with Gasteiger partial charge in [0, 0.05) is 28.5 Å². The van der Waals surface area contributed by atoms with Crippen LogP contribution in [0.25, 0.3) is 11.4 Å². The Morgan fingerprint density at radius 3 is 2.85 bits per heavy atom. The van der Waals surface area contributed by atoms with Gasteiger partial charge in [-0.2, -0.15) is 0 Å². The molecule has 0 aliphatic rings. The van der Waals surface area contributed by atoms with E-state index < -0.39 is 9.84 Å². The van der Waals surface area contributed by atoms with E-state index in [0.717, 1.165) is 10.0 Å². The lowest BCUT2D eigenvalue weighted by atomic mass is 10.2. The van der Waals surface area contributed by atoms with E-state index in [9.17, 15) is 8.42 Å². The molecule has 0 fully saturated rings. The zero-order valence-electron chi connectivity index (χ0n) is 10.8. The second-order valence-corrected chi connectivity index (χ2v) is 7.56. The molecular weight excluding hydrogens is 346 g/mol. The first kappa shape index (κ1) is 14.9. The molecule has 0 atom stereocenters. The standard InChI is InChI=1S/C11H14BrN5O2S/c1-20(18,19)6-2-5-17-11(14-15-16-17)9-7-8(13)3-4-10(9)12/h3-4,7H,2,5-6,13H2,1H3. The van der Waals surface area contributed by atoms with Gasteiger partial charge in [0.05, 0.1) is 5.75 Å². The SMILES string of the molecule is CS(=O)(=O)CCCn1nnnc1-c1cc(N)ccc1Br. The lowest BCUT2D eigenvalue weighted by molar-refractivity contribution is 0.567. The van der Waals surface area contributed by atoms with Crippen LogP contribution in [0.5, 0.6) is 0 Å². The Kier molecular flexibility index (Phi) is 4.39. The fourth-order valence-electron chi connectivity index (χ4n) is 1.74. The highest BCUT2D eigenvalue weighted by molar-refractivity contribution is 9.10. The summed E-state index contributed by atoms with van der Waals surface area (Å²) in [6, 6.07) is 5.36. The van der Waals surface area contributed by atoms with E-state index in [0.29, 0.717) is 24.5 Å². The molecule has 7 nitrogen and oxygen atoms in total. The maximum Gasteiger partial charge on any atom is 0.183 e. The molecule has 1 heterocycles. The van der Waals surface area contributed by atoms with Gasteiger partial charge >= 0.3 is 0 Å². The van der Waals surface area contributed by atoms with E-state index in [1.165, 1.54) is 6.26 Å². The van der Waals surface area contributed by atoms with Crippen molar-refractivity contribution in [2.24, 2.45) is 0 Å². The molecule has 1 aromatic heterocycles. The van der Waals surface area contributed by atoms with Crippen LogP contribution < -0.4 is 5.73 Å². The summed E-state index contributed by atoms with van der Waals surface area (Å²) in [6.07, 6.45) is 1.67. The number of aromatic nitrogens is 4. The number of sulfone groups is 1. The predicted molar refractivity (Wildman–Crippen MR) is 79.7 cm³/mol. The van der Waals surface area contributed by atoms with Crippen LogP contribution in [-0.4, -0.2) is 40.6 Å². The van der Waals surface area contributed by atoms with Gasteiger partial charge < -0.3 is 5.73 Å². The van der Waals surface area contributed by atoms with Crippen molar-refractivity contribution in [1.29, 1.82) is 0 Å². The number of hydrogen-bond donors (Lipinski definition) is 1. The van der Waals surface area contributed by atoms with E-state index in [-0.39, 0.29) is 5.75 Å². The van der Waals surface area contributed by atoms with Crippen LogP contribution in [0, 0.1) is 0 Å². The smallest absolute Gasteiger partial charge is 0.183 e. The summed E-state index contributed by atoms with van der Waals surface area (Å²) < 4.78 is 24.7. The minimum absolute atomic E-state index is 0.102. The number of hydrogen-bond acceptors (Lipinski definition) is 6. The average Bonchev–Trinajstić information content (AvgIpc) is 2.79. The monoisotopic (exact) mass is 359 g/mol. The first-order chi connectivity index (χ1) is 9.37. The average molecular weight is 360 g/mol. The molecule has 0 saturated carbocycles. The molecule has 0 amide bonds. The third kappa shape index (κ3) is 3.76.